The zero-order valence-electron chi connectivity index (χ0n) is 12.9. The van der Waals surface area contributed by atoms with Gasteiger partial charge in [-0.05, 0) is 63.6 Å². The summed E-state index contributed by atoms with van der Waals surface area (Å²) in [6, 6.07) is 6.07. The molecule has 1 aliphatic rings. The van der Waals surface area contributed by atoms with Crippen LogP contribution in [-0.4, -0.2) is 50.6 Å². The zero-order chi connectivity index (χ0) is 14.5. The number of likely N-dealkylation sites (tertiary alicyclic amines) is 1. The molecule has 2 rings (SSSR count). The number of piperidine rings is 1. The second-order valence-corrected chi connectivity index (χ2v) is 6.02. The molecule has 1 saturated heterocycles. The van der Waals surface area contributed by atoms with Gasteiger partial charge >= 0.3 is 0 Å². The van der Waals surface area contributed by atoms with Crippen LogP contribution >= 0.6 is 0 Å². The van der Waals surface area contributed by atoms with Crippen molar-refractivity contribution in [3.05, 3.63) is 23.8 Å². The van der Waals surface area contributed by atoms with Crippen LogP contribution in [0, 0.1) is 5.92 Å². The molecule has 0 spiro atoms. The average molecular weight is 277 g/mol. The first-order valence-corrected chi connectivity index (χ1v) is 7.38. The van der Waals surface area contributed by atoms with Crippen LogP contribution in [0.3, 0.4) is 0 Å². The van der Waals surface area contributed by atoms with E-state index in [-0.39, 0.29) is 0 Å². The molecule has 112 valence electrons. The van der Waals surface area contributed by atoms with Gasteiger partial charge in [0.1, 0.15) is 5.75 Å². The fourth-order valence-electron chi connectivity index (χ4n) is 2.94. The number of hydrogen-bond acceptors (Lipinski definition) is 4. The second kappa shape index (κ2) is 6.95. The average Bonchev–Trinajstić information content (AvgIpc) is 2.41. The third-order valence-electron chi connectivity index (χ3n) is 4.15. The molecule has 0 bridgehead atoms. The highest BCUT2D eigenvalue weighted by molar-refractivity contribution is 5.54. The summed E-state index contributed by atoms with van der Waals surface area (Å²) in [6.45, 7) is 4.57. The quantitative estimate of drug-likeness (QED) is 0.837. The van der Waals surface area contributed by atoms with Gasteiger partial charge in [0.2, 0.25) is 0 Å². The molecule has 2 N–H and O–H groups in total. The van der Waals surface area contributed by atoms with Crippen LogP contribution in [0.15, 0.2) is 18.2 Å². The lowest BCUT2D eigenvalue weighted by atomic mass is 9.96. The summed E-state index contributed by atoms with van der Waals surface area (Å²) >= 11 is 0. The Labute approximate surface area is 122 Å². The topological polar surface area (TPSA) is 41.7 Å². The normalized spacial score (nSPS) is 17.6. The molecule has 1 aromatic carbocycles. The third-order valence-corrected chi connectivity index (χ3v) is 4.15. The SMILES string of the molecule is COc1ccc(CN(C)CC2CCN(C)CC2)cc1N. The predicted octanol–water partition coefficient (Wildman–Crippen LogP) is 2.05. The highest BCUT2D eigenvalue weighted by Crippen LogP contribution is 2.23. The Kier molecular flexibility index (Phi) is 5.26. The molecule has 4 heteroatoms. The lowest BCUT2D eigenvalue weighted by molar-refractivity contribution is 0.173. The van der Waals surface area contributed by atoms with Crippen molar-refractivity contribution in [3.63, 3.8) is 0 Å². The fraction of sp³-hybridized carbons (Fsp3) is 0.625. The highest BCUT2D eigenvalue weighted by Gasteiger charge is 2.18. The van der Waals surface area contributed by atoms with E-state index in [0.717, 1.165) is 23.9 Å². The molecule has 1 heterocycles. The van der Waals surface area contributed by atoms with Gasteiger partial charge in [0.15, 0.2) is 0 Å². The molecule has 0 radical (unpaired) electrons. The molecule has 0 amide bonds. The number of benzene rings is 1. The van der Waals surface area contributed by atoms with Crippen LogP contribution in [0.25, 0.3) is 0 Å². The molecular weight excluding hydrogens is 250 g/mol. The minimum absolute atomic E-state index is 0.720. The number of anilines is 1. The van der Waals surface area contributed by atoms with Gasteiger partial charge < -0.3 is 20.3 Å². The van der Waals surface area contributed by atoms with Crippen LogP contribution in [0.5, 0.6) is 5.75 Å². The molecule has 4 nitrogen and oxygen atoms in total. The molecular formula is C16H27N3O. The lowest BCUT2D eigenvalue weighted by Gasteiger charge is -2.31. The number of nitrogen functional groups attached to an aromatic ring is 1. The van der Waals surface area contributed by atoms with E-state index in [1.54, 1.807) is 7.11 Å². The van der Waals surface area contributed by atoms with Crippen LogP contribution < -0.4 is 10.5 Å². The first-order valence-electron chi connectivity index (χ1n) is 7.38. The van der Waals surface area contributed by atoms with E-state index in [9.17, 15) is 0 Å². The van der Waals surface area contributed by atoms with E-state index in [4.69, 9.17) is 10.5 Å². The van der Waals surface area contributed by atoms with Crippen LogP contribution in [0.2, 0.25) is 0 Å². The first-order chi connectivity index (χ1) is 9.58. The molecule has 1 aromatic rings. The molecule has 0 saturated carbocycles. The third kappa shape index (κ3) is 4.12. The molecule has 0 aliphatic carbocycles. The summed E-state index contributed by atoms with van der Waals surface area (Å²) in [7, 11) is 6.05. The van der Waals surface area contributed by atoms with Crippen molar-refractivity contribution >= 4 is 5.69 Å². The lowest BCUT2D eigenvalue weighted by Crippen LogP contribution is -2.35. The molecule has 1 aliphatic heterocycles. The maximum absolute atomic E-state index is 5.96. The standard InChI is InChI=1S/C16H27N3O/c1-18-8-6-13(7-9-18)11-19(2)12-14-4-5-16(20-3)15(17)10-14/h4-5,10,13H,6-9,11-12,17H2,1-3H3. The Morgan fingerprint density at radius 2 is 2.05 bits per heavy atom. The van der Waals surface area contributed by atoms with Crippen molar-refractivity contribution in [2.24, 2.45) is 5.92 Å². The van der Waals surface area contributed by atoms with E-state index >= 15 is 0 Å². The fourth-order valence-corrected chi connectivity index (χ4v) is 2.94. The van der Waals surface area contributed by atoms with Gasteiger partial charge in [0.25, 0.3) is 0 Å². The van der Waals surface area contributed by atoms with Crippen LogP contribution in [0.1, 0.15) is 18.4 Å². The monoisotopic (exact) mass is 277 g/mol. The minimum atomic E-state index is 0.720. The van der Waals surface area contributed by atoms with E-state index in [2.05, 4.69) is 30.0 Å². The summed E-state index contributed by atoms with van der Waals surface area (Å²) < 4.78 is 5.19. The second-order valence-electron chi connectivity index (χ2n) is 6.02. The van der Waals surface area contributed by atoms with Gasteiger partial charge in [-0.3, -0.25) is 0 Å². The number of ether oxygens (including phenoxy) is 1. The van der Waals surface area contributed by atoms with Gasteiger partial charge in [-0.25, -0.2) is 0 Å². The Bertz CT molecular complexity index is 428. The summed E-state index contributed by atoms with van der Waals surface area (Å²) in [6.07, 6.45) is 2.62. The van der Waals surface area contributed by atoms with E-state index in [0.29, 0.717) is 0 Å². The van der Waals surface area contributed by atoms with Crippen molar-refractivity contribution in [2.45, 2.75) is 19.4 Å². The van der Waals surface area contributed by atoms with Gasteiger partial charge in [0, 0.05) is 13.1 Å². The Hall–Kier alpha value is -1.26. The maximum atomic E-state index is 5.96. The van der Waals surface area contributed by atoms with Crippen LogP contribution in [-0.2, 0) is 6.54 Å². The predicted molar refractivity (Wildman–Crippen MR) is 84.0 cm³/mol. The molecule has 0 atom stereocenters. The smallest absolute Gasteiger partial charge is 0.141 e. The number of nitrogens with zero attached hydrogens (tertiary/aromatic N) is 2. The largest absolute Gasteiger partial charge is 0.495 e. The summed E-state index contributed by atoms with van der Waals surface area (Å²) in [5.41, 5.74) is 7.93. The molecule has 0 unspecified atom stereocenters. The van der Waals surface area contributed by atoms with E-state index in [1.165, 1.54) is 38.0 Å². The van der Waals surface area contributed by atoms with Crippen molar-refractivity contribution in [3.8, 4) is 5.75 Å². The zero-order valence-corrected chi connectivity index (χ0v) is 12.9. The van der Waals surface area contributed by atoms with Gasteiger partial charge in [-0.15, -0.1) is 0 Å². The molecule has 0 aromatic heterocycles. The minimum Gasteiger partial charge on any atom is -0.495 e. The molecule has 1 fully saturated rings. The number of nitrogens with two attached hydrogens (primary N) is 1. The number of methoxy groups -OCH3 is 1. The van der Waals surface area contributed by atoms with Crippen molar-refractivity contribution < 1.29 is 4.74 Å². The highest BCUT2D eigenvalue weighted by atomic mass is 16.5. The van der Waals surface area contributed by atoms with E-state index < -0.39 is 0 Å². The molecule has 20 heavy (non-hydrogen) atoms. The van der Waals surface area contributed by atoms with Crippen molar-refractivity contribution in [1.82, 2.24) is 9.80 Å². The Morgan fingerprint density at radius 3 is 2.65 bits per heavy atom. The van der Waals surface area contributed by atoms with Gasteiger partial charge in [0.05, 0.1) is 12.8 Å². The number of rotatable bonds is 5. The summed E-state index contributed by atoms with van der Waals surface area (Å²) in [5, 5.41) is 0. The first kappa shape index (κ1) is 15.1. The van der Waals surface area contributed by atoms with Crippen molar-refractivity contribution in [1.29, 1.82) is 0 Å². The van der Waals surface area contributed by atoms with Crippen LogP contribution in [0.4, 0.5) is 5.69 Å². The Balaban J connectivity index is 1.85. The number of hydrogen-bond donors (Lipinski definition) is 1. The van der Waals surface area contributed by atoms with Gasteiger partial charge in [-0.2, -0.15) is 0 Å². The maximum Gasteiger partial charge on any atom is 0.141 e. The Morgan fingerprint density at radius 1 is 1.35 bits per heavy atom. The van der Waals surface area contributed by atoms with Crippen molar-refractivity contribution in [2.75, 3.05) is 46.6 Å². The summed E-state index contributed by atoms with van der Waals surface area (Å²) in [4.78, 5) is 4.82. The van der Waals surface area contributed by atoms with E-state index in [1.807, 2.05) is 12.1 Å². The van der Waals surface area contributed by atoms with Gasteiger partial charge in [-0.1, -0.05) is 6.07 Å². The summed E-state index contributed by atoms with van der Waals surface area (Å²) in [5.74, 6) is 1.58.